The zero-order chi connectivity index (χ0) is 11.4. The molecule has 0 aliphatic rings. The van der Waals surface area contributed by atoms with Gasteiger partial charge in [-0.15, -0.1) is 0 Å². The number of aliphatic hydroxyl groups is 1. The predicted octanol–water partition coefficient (Wildman–Crippen LogP) is 1.50. The average Bonchev–Trinajstić information content (AvgIpc) is 2.46. The molecule has 0 aliphatic carbocycles. The van der Waals surface area contributed by atoms with E-state index in [0.29, 0.717) is 6.54 Å². The summed E-state index contributed by atoms with van der Waals surface area (Å²) in [5, 5.41) is 12.7. The lowest BCUT2D eigenvalue weighted by molar-refractivity contribution is 0.167. The molecule has 3 nitrogen and oxygen atoms in total. The van der Waals surface area contributed by atoms with Gasteiger partial charge in [-0.05, 0) is 31.9 Å². The highest BCUT2D eigenvalue weighted by Crippen LogP contribution is 2.12. The molecule has 86 valence electrons. The summed E-state index contributed by atoms with van der Waals surface area (Å²) >= 11 is 0. The van der Waals surface area contributed by atoms with E-state index in [1.165, 1.54) is 17.0 Å². The topological polar surface area (TPSA) is 37.2 Å². The Bertz CT molecular complexity index is 318. The Morgan fingerprint density at radius 3 is 2.60 bits per heavy atom. The molecule has 1 rings (SSSR count). The Morgan fingerprint density at radius 1 is 1.47 bits per heavy atom. The number of hydrogen-bond acceptors (Lipinski definition) is 2. The maximum atomic E-state index is 9.40. The van der Waals surface area contributed by atoms with Gasteiger partial charge in [-0.1, -0.05) is 6.92 Å². The first kappa shape index (κ1) is 12.3. The highest BCUT2D eigenvalue weighted by Gasteiger charge is 2.06. The Hall–Kier alpha value is -0.800. The molecule has 0 amide bonds. The fraction of sp³-hybridized carbons (Fsp3) is 0.667. The van der Waals surface area contributed by atoms with Crippen LogP contribution in [0.1, 0.15) is 30.3 Å². The van der Waals surface area contributed by atoms with Crippen molar-refractivity contribution in [2.75, 3.05) is 6.54 Å². The Kier molecular flexibility index (Phi) is 4.36. The minimum absolute atomic E-state index is 0.227. The second kappa shape index (κ2) is 5.33. The standard InChI is InChI=1S/C12H22N2O/c1-5-12(15)8-13-7-11-6-9(2)14(4)10(11)3/h6,12-13,15H,5,7-8H2,1-4H3. The zero-order valence-corrected chi connectivity index (χ0v) is 10.2. The molecule has 1 unspecified atom stereocenters. The fourth-order valence-electron chi connectivity index (χ4n) is 1.63. The third kappa shape index (κ3) is 3.08. The van der Waals surface area contributed by atoms with Crippen LogP contribution in [-0.2, 0) is 13.6 Å². The fourth-order valence-corrected chi connectivity index (χ4v) is 1.63. The van der Waals surface area contributed by atoms with Gasteiger partial charge < -0.3 is 15.0 Å². The van der Waals surface area contributed by atoms with Crippen molar-refractivity contribution in [2.45, 2.75) is 39.8 Å². The smallest absolute Gasteiger partial charge is 0.0662 e. The Balaban J connectivity index is 2.47. The van der Waals surface area contributed by atoms with Gasteiger partial charge in [0.25, 0.3) is 0 Å². The number of aliphatic hydroxyl groups excluding tert-OH is 1. The molecule has 2 N–H and O–H groups in total. The van der Waals surface area contributed by atoms with Crippen molar-refractivity contribution in [3.63, 3.8) is 0 Å². The number of nitrogens with one attached hydrogen (secondary N) is 1. The predicted molar refractivity (Wildman–Crippen MR) is 62.9 cm³/mol. The van der Waals surface area contributed by atoms with E-state index in [1.807, 2.05) is 6.92 Å². The van der Waals surface area contributed by atoms with Gasteiger partial charge in [0.2, 0.25) is 0 Å². The van der Waals surface area contributed by atoms with Crippen LogP contribution in [-0.4, -0.2) is 22.3 Å². The number of aryl methyl sites for hydroxylation is 1. The first-order chi connectivity index (χ1) is 7.06. The summed E-state index contributed by atoms with van der Waals surface area (Å²) in [5.74, 6) is 0. The van der Waals surface area contributed by atoms with E-state index >= 15 is 0 Å². The minimum Gasteiger partial charge on any atom is -0.392 e. The van der Waals surface area contributed by atoms with Crippen LogP contribution in [0.2, 0.25) is 0 Å². The third-order valence-corrected chi connectivity index (χ3v) is 3.05. The highest BCUT2D eigenvalue weighted by atomic mass is 16.3. The summed E-state index contributed by atoms with van der Waals surface area (Å²) in [4.78, 5) is 0. The van der Waals surface area contributed by atoms with E-state index < -0.39 is 0 Å². The summed E-state index contributed by atoms with van der Waals surface area (Å²) in [7, 11) is 2.08. The molecule has 1 aromatic heterocycles. The summed E-state index contributed by atoms with van der Waals surface area (Å²) in [6, 6.07) is 2.20. The molecular weight excluding hydrogens is 188 g/mol. The molecule has 0 saturated heterocycles. The van der Waals surface area contributed by atoms with Gasteiger partial charge in [0.1, 0.15) is 0 Å². The van der Waals surface area contributed by atoms with E-state index in [9.17, 15) is 5.11 Å². The van der Waals surface area contributed by atoms with Crippen molar-refractivity contribution < 1.29 is 5.11 Å². The largest absolute Gasteiger partial charge is 0.392 e. The number of hydrogen-bond donors (Lipinski definition) is 2. The molecule has 0 bridgehead atoms. The Labute approximate surface area is 92.1 Å². The van der Waals surface area contributed by atoms with Crippen LogP contribution >= 0.6 is 0 Å². The van der Waals surface area contributed by atoms with Gasteiger partial charge >= 0.3 is 0 Å². The molecule has 1 aromatic rings. The van der Waals surface area contributed by atoms with Crippen molar-refractivity contribution in [1.29, 1.82) is 0 Å². The van der Waals surface area contributed by atoms with Gasteiger partial charge in [-0.3, -0.25) is 0 Å². The first-order valence-electron chi connectivity index (χ1n) is 5.56. The van der Waals surface area contributed by atoms with Gasteiger partial charge in [-0.25, -0.2) is 0 Å². The SMILES string of the molecule is CCC(O)CNCc1cc(C)n(C)c1C. The second-order valence-electron chi connectivity index (χ2n) is 4.15. The zero-order valence-electron chi connectivity index (χ0n) is 10.2. The van der Waals surface area contributed by atoms with Crippen LogP contribution in [0.25, 0.3) is 0 Å². The number of nitrogens with zero attached hydrogens (tertiary/aromatic N) is 1. The average molecular weight is 210 g/mol. The van der Waals surface area contributed by atoms with Gasteiger partial charge in [-0.2, -0.15) is 0 Å². The second-order valence-corrected chi connectivity index (χ2v) is 4.15. The lowest BCUT2D eigenvalue weighted by Gasteiger charge is -2.09. The third-order valence-electron chi connectivity index (χ3n) is 3.05. The molecule has 1 atom stereocenters. The van der Waals surface area contributed by atoms with Crippen molar-refractivity contribution in [1.82, 2.24) is 9.88 Å². The lowest BCUT2D eigenvalue weighted by Crippen LogP contribution is -2.25. The number of rotatable bonds is 5. The van der Waals surface area contributed by atoms with Crippen molar-refractivity contribution in [3.05, 3.63) is 23.0 Å². The quantitative estimate of drug-likeness (QED) is 0.773. The Morgan fingerprint density at radius 2 is 2.13 bits per heavy atom. The van der Waals surface area contributed by atoms with E-state index in [-0.39, 0.29) is 6.10 Å². The van der Waals surface area contributed by atoms with Crippen LogP contribution in [0, 0.1) is 13.8 Å². The van der Waals surface area contributed by atoms with Crippen molar-refractivity contribution in [3.8, 4) is 0 Å². The molecule has 0 spiro atoms. The van der Waals surface area contributed by atoms with Crippen LogP contribution in [0.3, 0.4) is 0 Å². The molecular formula is C12H22N2O. The summed E-state index contributed by atoms with van der Waals surface area (Å²) in [5.41, 5.74) is 3.89. The molecule has 15 heavy (non-hydrogen) atoms. The molecule has 0 radical (unpaired) electrons. The first-order valence-corrected chi connectivity index (χ1v) is 5.56. The molecule has 1 heterocycles. The van der Waals surface area contributed by atoms with Crippen LogP contribution < -0.4 is 5.32 Å². The summed E-state index contributed by atoms with van der Waals surface area (Å²) < 4.78 is 2.19. The van der Waals surface area contributed by atoms with E-state index in [4.69, 9.17) is 0 Å². The molecule has 0 saturated carbocycles. The molecule has 0 fully saturated rings. The maximum Gasteiger partial charge on any atom is 0.0662 e. The van der Waals surface area contributed by atoms with Gasteiger partial charge in [0, 0.05) is 31.5 Å². The van der Waals surface area contributed by atoms with Crippen molar-refractivity contribution in [2.24, 2.45) is 7.05 Å². The van der Waals surface area contributed by atoms with E-state index in [1.54, 1.807) is 0 Å². The summed E-state index contributed by atoms with van der Waals surface area (Å²) in [6.45, 7) is 7.73. The van der Waals surface area contributed by atoms with Gasteiger partial charge in [0.05, 0.1) is 6.10 Å². The molecule has 0 aliphatic heterocycles. The van der Waals surface area contributed by atoms with Crippen molar-refractivity contribution >= 4 is 0 Å². The van der Waals surface area contributed by atoms with E-state index in [2.05, 4.69) is 36.8 Å². The number of aromatic nitrogens is 1. The van der Waals surface area contributed by atoms with Gasteiger partial charge in [0.15, 0.2) is 0 Å². The monoisotopic (exact) mass is 210 g/mol. The maximum absolute atomic E-state index is 9.40. The van der Waals surface area contributed by atoms with E-state index in [0.717, 1.165) is 13.0 Å². The normalized spacial score (nSPS) is 13.1. The summed E-state index contributed by atoms with van der Waals surface area (Å²) in [6.07, 6.45) is 0.579. The molecule has 0 aromatic carbocycles. The highest BCUT2D eigenvalue weighted by molar-refractivity contribution is 5.26. The molecule has 3 heteroatoms. The lowest BCUT2D eigenvalue weighted by atomic mass is 10.2. The van der Waals surface area contributed by atoms with Crippen LogP contribution in [0.5, 0.6) is 0 Å². The van der Waals surface area contributed by atoms with Crippen LogP contribution in [0.4, 0.5) is 0 Å². The minimum atomic E-state index is -0.227. The van der Waals surface area contributed by atoms with Crippen LogP contribution in [0.15, 0.2) is 6.07 Å².